The third-order valence-corrected chi connectivity index (χ3v) is 3.21. The molecule has 1 amide bonds. The Bertz CT molecular complexity index is 659. The number of fused-ring (bicyclic) bond motifs is 3. The van der Waals surface area contributed by atoms with Crippen LogP contribution in [0.3, 0.4) is 0 Å². The van der Waals surface area contributed by atoms with Gasteiger partial charge in [0.15, 0.2) is 5.82 Å². The molecule has 0 fully saturated rings. The highest BCUT2D eigenvalue weighted by Crippen LogP contribution is 2.31. The summed E-state index contributed by atoms with van der Waals surface area (Å²) in [6, 6.07) is 1.72. The highest BCUT2D eigenvalue weighted by Gasteiger charge is 2.21. The molecule has 1 aliphatic heterocycles. The fraction of sp³-hybridized carbons (Fsp3) is 0.308. The van der Waals surface area contributed by atoms with Gasteiger partial charge in [0.1, 0.15) is 5.69 Å². The first-order valence-corrected chi connectivity index (χ1v) is 6.17. The number of nitrogens with two attached hydrogens (primary N) is 1. The first-order valence-electron chi connectivity index (χ1n) is 6.17. The van der Waals surface area contributed by atoms with Crippen molar-refractivity contribution in [3.63, 3.8) is 0 Å². The van der Waals surface area contributed by atoms with E-state index in [1.54, 1.807) is 6.07 Å². The molecule has 0 aromatic carbocycles. The molecule has 98 valence electrons. The van der Waals surface area contributed by atoms with Crippen molar-refractivity contribution in [2.75, 3.05) is 5.32 Å². The summed E-state index contributed by atoms with van der Waals surface area (Å²) in [5.41, 5.74) is 8.24. The van der Waals surface area contributed by atoms with E-state index in [2.05, 4.69) is 29.1 Å². The molecule has 6 nitrogen and oxygen atoms in total. The Morgan fingerprint density at radius 3 is 3.00 bits per heavy atom. The van der Waals surface area contributed by atoms with Gasteiger partial charge in [0.2, 0.25) is 5.91 Å². The van der Waals surface area contributed by atoms with Crippen molar-refractivity contribution in [3.8, 4) is 11.5 Å². The minimum atomic E-state index is -0.478. The van der Waals surface area contributed by atoms with Crippen molar-refractivity contribution in [1.82, 2.24) is 14.5 Å². The fourth-order valence-corrected chi connectivity index (χ4v) is 2.11. The van der Waals surface area contributed by atoms with Crippen LogP contribution in [-0.4, -0.2) is 20.4 Å². The van der Waals surface area contributed by atoms with Gasteiger partial charge in [-0.2, -0.15) is 0 Å². The van der Waals surface area contributed by atoms with Crippen LogP contribution in [0.4, 0.5) is 5.69 Å². The second kappa shape index (κ2) is 4.08. The van der Waals surface area contributed by atoms with Crippen molar-refractivity contribution in [2.24, 2.45) is 5.73 Å². The summed E-state index contributed by atoms with van der Waals surface area (Å²) in [6.45, 7) is 4.82. The quantitative estimate of drug-likeness (QED) is 0.854. The van der Waals surface area contributed by atoms with Gasteiger partial charge in [-0.15, -0.1) is 0 Å². The zero-order valence-electron chi connectivity index (χ0n) is 10.8. The van der Waals surface area contributed by atoms with Gasteiger partial charge in [-0.05, 0) is 12.0 Å². The predicted molar refractivity (Wildman–Crippen MR) is 71.7 cm³/mol. The predicted octanol–water partition coefficient (Wildman–Crippen LogP) is 1.55. The maximum absolute atomic E-state index is 11.2. The van der Waals surface area contributed by atoms with E-state index in [0.29, 0.717) is 18.2 Å². The summed E-state index contributed by atoms with van der Waals surface area (Å²) >= 11 is 0. The molecule has 3 heterocycles. The minimum absolute atomic E-state index is 0.367. The Labute approximate surface area is 110 Å². The zero-order chi connectivity index (χ0) is 13.6. The molecule has 0 atom stereocenters. The first-order chi connectivity index (χ1) is 9.06. The molecule has 3 rings (SSSR count). The number of aromatic nitrogens is 3. The van der Waals surface area contributed by atoms with Crippen LogP contribution in [0.2, 0.25) is 0 Å². The second-order valence-corrected chi connectivity index (χ2v) is 4.93. The van der Waals surface area contributed by atoms with Gasteiger partial charge in [0.05, 0.1) is 23.6 Å². The number of anilines is 1. The Hall–Kier alpha value is -2.37. The van der Waals surface area contributed by atoms with Crippen molar-refractivity contribution in [2.45, 2.75) is 26.4 Å². The van der Waals surface area contributed by atoms with Crippen molar-refractivity contribution in [3.05, 3.63) is 29.7 Å². The Morgan fingerprint density at radius 1 is 1.53 bits per heavy atom. The van der Waals surface area contributed by atoms with E-state index in [9.17, 15) is 4.79 Å². The number of carbonyl (C=O) groups is 1. The lowest BCUT2D eigenvalue weighted by Crippen LogP contribution is -2.18. The lowest BCUT2D eigenvalue weighted by molar-refractivity contribution is 0.1000. The number of nitrogens with one attached hydrogen (secondary N) is 1. The van der Waals surface area contributed by atoms with Gasteiger partial charge >= 0.3 is 0 Å². The van der Waals surface area contributed by atoms with E-state index in [4.69, 9.17) is 5.73 Å². The van der Waals surface area contributed by atoms with Crippen LogP contribution in [0.5, 0.6) is 0 Å². The van der Waals surface area contributed by atoms with Crippen molar-refractivity contribution >= 4 is 11.6 Å². The van der Waals surface area contributed by atoms with Crippen LogP contribution >= 0.6 is 0 Å². The summed E-state index contributed by atoms with van der Waals surface area (Å²) in [7, 11) is 0. The normalized spacial score (nSPS) is 12.8. The minimum Gasteiger partial charge on any atom is -0.366 e. The number of hydrogen-bond acceptors (Lipinski definition) is 4. The molecular formula is C13H15N5O. The molecule has 3 N–H and O–H groups in total. The number of hydrogen-bond donors (Lipinski definition) is 2. The molecule has 0 radical (unpaired) electrons. The maximum atomic E-state index is 11.2. The van der Waals surface area contributed by atoms with Crippen LogP contribution in [0, 0.1) is 0 Å². The van der Waals surface area contributed by atoms with Gasteiger partial charge in [0, 0.05) is 12.4 Å². The van der Waals surface area contributed by atoms with E-state index < -0.39 is 5.91 Å². The van der Waals surface area contributed by atoms with Crippen LogP contribution in [0.15, 0.2) is 18.5 Å². The molecule has 0 saturated carbocycles. The van der Waals surface area contributed by atoms with Crippen molar-refractivity contribution in [1.29, 1.82) is 0 Å². The number of primary amides is 1. The molecule has 6 heteroatoms. The van der Waals surface area contributed by atoms with Gasteiger partial charge in [0.25, 0.3) is 0 Å². The van der Waals surface area contributed by atoms with Crippen LogP contribution in [0.1, 0.15) is 35.8 Å². The highest BCUT2D eigenvalue weighted by atomic mass is 16.1. The van der Waals surface area contributed by atoms with E-state index in [1.165, 1.54) is 6.20 Å². The standard InChI is InChI=1S/C13H15N5O/c1-7(2)10-5-18-6-16-9-3-8(12(14)19)4-15-11(9)13(18)17-10/h3-5,7,16H,6H2,1-2H3,(H2,14,19). The van der Waals surface area contributed by atoms with Gasteiger partial charge in [-0.3, -0.25) is 4.79 Å². The van der Waals surface area contributed by atoms with Crippen LogP contribution in [0.25, 0.3) is 11.5 Å². The lowest BCUT2D eigenvalue weighted by Gasteiger charge is -2.19. The first kappa shape index (κ1) is 11.7. The molecule has 19 heavy (non-hydrogen) atoms. The number of pyridine rings is 1. The van der Waals surface area contributed by atoms with Gasteiger partial charge in [-0.1, -0.05) is 13.8 Å². The molecule has 0 unspecified atom stereocenters. The average molecular weight is 257 g/mol. The Kier molecular flexibility index (Phi) is 2.51. The van der Waals surface area contributed by atoms with Crippen LogP contribution < -0.4 is 11.1 Å². The Balaban J connectivity index is 2.11. The third-order valence-electron chi connectivity index (χ3n) is 3.21. The number of carbonyl (C=O) groups excluding carboxylic acids is 1. The summed E-state index contributed by atoms with van der Waals surface area (Å²) in [5, 5.41) is 3.22. The SMILES string of the molecule is CC(C)c1cn2c(n1)-c1ncc(C(N)=O)cc1NC2. The van der Waals surface area contributed by atoms with E-state index in [1.807, 2.05) is 10.8 Å². The van der Waals surface area contributed by atoms with E-state index >= 15 is 0 Å². The second-order valence-electron chi connectivity index (χ2n) is 4.93. The molecule has 0 saturated heterocycles. The van der Waals surface area contributed by atoms with Gasteiger partial charge < -0.3 is 15.6 Å². The molecular weight excluding hydrogens is 242 g/mol. The van der Waals surface area contributed by atoms with E-state index in [0.717, 1.165) is 22.9 Å². The molecule has 0 bridgehead atoms. The fourth-order valence-electron chi connectivity index (χ4n) is 2.11. The number of imidazole rings is 1. The van der Waals surface area contributed by atoms with E-state index in [-0.39, 0.29) is 0 Å². The number of nitrogens with zero attached hydrogens (tertiary/aromatic N) is 3. The average Bonchev–Trinajstić information content (AvgIpc) is 2.82. The smallest absolute Gasteiger partial charge is 0.250 e. The summed E-state index contributed by atoms with van der Waals surface area (Å²) < 4.78 is 2.02. The number of rotatable bonds is 2. The Morgan fingerprint density at radius 2 is 2.32 bits per heavy atom. The monoisotopic (exact) mass is 257 g/mol. The van der Waals surface area contributed by atoms with Crippen molar-refractivity contribution < 1.29 is 4.79 Å². The molecule has 2 aromatic heterocycles. The zero-order valence-corrected chi connectivity index (χ0v) is 10.8. The number of amides is 1. The molecule has 1 aliphatic rings. The summed E-state index contributed by atoms with van der Waals surface area (Å²) in [5.74, 6) is 0.716. The maximum Gasteiger partial charge on any atom is 0.250 e. The summed E-state index contributed by atoms with van der Waals surface area (Å²) in [4.78, 5) is 20.1. The van der Waals surface area contributed by atoms with Gasteiger partial charge in [-0.25, -0.2) is 9.97 Å². The molecule has 0 spiro atoms. The summed E-state index contributed by atoms with van der Waals surface area (Å²) in [6.07, 6.45) is 3.52. The largest absolute Gasteiger partial charge is 0.366 e. The highest BCUT2D eigenvalue weighted by molar-refractivity contribution is 5.94. The lowest BCUT2D eigenvalue weighted by atomic mass is 10.1. The van der Waals surface area contributed by atoms with Crippen LogP contribution in [-0.2, 0) is 6.67 Å². The molecule has 2 aromatic rings. The third kappa shape index (κ3) is 1.85. The molecule has 0 aliphatic carbocycles. The topological polar surface area (TPSA) is 85.8 Å².